The van der Waals surface area contributed by atoms with Gasteiger partial charge in [-0.15, -0.1) is 0 Å². The highest BCUT2D eigenvalue weighted by Crippen LogP contribution is 2.16. The van der Waals surface area contributed by atoms with Crippen LogP contribution in [0.2, 0.25) is 0 Å². The highest BCUT2D eigenvalue weighted by atomic mass is 16.1. The minimum absolute atomic E-state index is 0.0892. The van der Waals surface area contributed by atoms with Gasteiger partial charge in [-0.05, 0) is 51.5 Å². The molecule has 1 aromatic rings. The summed E-state index contributed by atoms with van der Waals surface area (Å²) in [5, 5.41) is 0. The monoisotopic (exact) mass is 191 g/mol. The minimum Gasteiger partial charge on any atom is -0.349 e. The smallest absolute Gasteiger partial charge is 0.152 e. The number of carbonyl (C=O) groups excluding carboxylic acids is 1. The van der Waals surface area contributed by atoms with Gasteiger partial charge in [0, 0.05) is 17.9 Å². The first kappa shape index (κ1) is 10.8. The number of ketones is 1. The maximum Gasteiger partial charge on any atom is 0.152 e. The molecule has 0 N–H and O–H groups in total. The zero-order valence-electron chi connectivity index (χ0n) is 9.29. The first-order chi connectivity index (χ1) is 6.56. The quantitative estimate of drug-likeness (QED) is 0.673. The average molecular weight is 191 g/mol. The summed E-state index contributed by atoms with van der Waals surface area (Å²) >= 11 is 0. The van der Waals surface area contributed by atoms with Crippen molar-refractivity contribution in [2.24, 2.45) is 0 Å². The number of hydrogen-bond donors (Lipinski definition) is 0. The maximum atomic E-state index is 10.8. The Hall–Kier alpha value is -1.31. The first-order valence-corrected chi connectivity index (χ1v) is 4.91. The molecule has 0 fully saturated rings. The molecule has 0 amide bonds. The Morgan fingerprint density at radius 1 is 1.50 bits per heavy atom. The number of aromatic nitrogens is 1. The van der Waals surface area contributed by atoms with E-state index in [-0.39, 0.29) is 5.78 Å². The van der Waals surface area contributed by atoms with Crippen LogP contribution in [0, 0.1) is 13.8 Å². The SMILES string of the molecule is CCn1c(C)cc(C=CC(C)=O)c1C. The van der Waals surface area contributed by atoms with E-state index in [0.717, 1.165) is 12.1 Å². The average Bonchev–Trinajstić information content (AvgIpc) is 2.38. The fraction of sp³-hybridized carbons (Fsp3) is 0.417. The second-order valence-electron chi connectivity index (χ2n) is 3.51. The summed E-state index contributed by atoms with van der Waals surface area (Å²) < 4.78 is 2.24. The molecule has 0 aliphatic heterocycles. The predicted molar refractivity (Wildman–Crippen MR) is 59.3 cm³/mol. The Morgan fingerprint density at radius 3 is 2.57 bits per heavy atom. The zero-order chi connectivity index (χ0) is 10.7. The number of carbonyl (C=O) groups is 1. The molecule has 0 atom stereocenters. The van der Waals surface area contributed by atoms with Crippen LogP contribution in [0.5, 0.6) is 0 Å². The standard InChI is InChI=1S/C12H17NO/c1-5-13-9(2)8-12(11(13)4)7-6-10(3)14/h6-8H,5H2,1-4H3. The molecule has 0 spiro atoms. The molecule has 1 rings (SSSR count). The highest BCUT2D eigenvalue weighted by molar-refractivity contribution is 5.91. The Balaban J connectivity index is 3.05. The Kier molecular flexibility index (Phi) is 3.28. The molecule has 0 radical (unpaired) electrons. The summed E-state index contributed by atoms with van der Waals surface area (Å²) in [6.07, 6.45) is 3.50. The van der Waals surface area contributed by atoms with E-state index < -0.39 is 0 Å². The molecular formula is C12H17NO. The lowest BCUT2D eigenvalue weighted by atomic mass is 10.2. The molecule has 1 aromatic heterocycles. The lowest BCUT2D eigenvalue weighted by Crippen LogP contribution is -1.98. The van der Waals surface area contributed by atoms with Crippen LogP contribution in [0.25, 0.3) is 6.08 Å². The van der Waals surface area contributed by atoms with Crippen LogP contribution in [0.15, 0.2) is 12.1 Å². The van der Waals surface area contributed by atoms with E-state index in [1.165, 1.54) is 11.4 Å². The third-order valence-electron chi connectivity index (χ3n) is 2.43. The van der Waals surface area contributed by atoms with Gasteiger partial charge in [0.15, 0.2) is 5.78 Å². The van der Waals surface area contributed by atoms with Crippen molar-refractivity contribution in [3.8, 4) is 0 Å². The van der Waals surface area contributed by atoms with Gasteiger partial charge in [-0.3, -0.25) is 4.79 Å². The van der Waals surface area contributed by atoms with Crippen LogP contribution in [-0.4, -0.2) is 10.4 Å². The zero-order valence-corrected chi connectivity index (χ0v) is 9.29. The molecule has 2 nitrogen and oxygen atoms in total. The molecule has 0 aromatic carbocycles. The fourth-order valence-corrected chi connectivity index (χ4v) is 1.69. The van der Waals surface area contributed by atoms with Crippen molar-refractivity contribution in [2.75, 3.05) is 0 Å². The van der Waals surface area contributed by atoms with Gasteiger partial charge < -0.3 is 4.57 Å². The predicted octanol–water partition coefficient (Wildman–Crippen LogP) is 2.73. The van der Waals surface area contributed by atoms with Gasteiger partial charge in [-0.1, -0.05) is 0 Å². The van der Waals surface area contributed by atoms with Crippen LogP contribution in [0.4, 0.5) is 0 Å². The molecule has 0 saturated carbocycles. The summed E-state index contributed by atoms with van der Waals surface area (Å²) in [7, 11) is 0. The number of hydrogen-bond acceptors (Lipinski definition) is 1. The molecule has 76 valence electrons. The number of nitrogens with zero attached hydrogens (tertiary/aromatic N) is 1. The topological polar surface area (TPSA) is 22.0 Å². The highest BCUT2D eigenvalue weighted by Gasteiger charge is 2.04. The van der Waals surface area contributed by atoms with Crippen LogP contribution in [0.3, 0.4) is 0 Å². The largest absolute Gasteiger partial charge is 0.349 e. The summed E-state index contributed by atoms with van der Waals surface area (Å²) in [4.78, 5) is 10.8. The van der Waals surface area contributed by atoms with Crippen molar-refractivity contribution in [1.82, 2.24) is 4.57 Å². The fourth-order valence-electron chi connectivity index (χ4n) is 1.69. The second kappa shape index (κ2) is 4.27. The molecular weight excluding hydrogens is 174 g/mol. The molecule has 0 aliphatic carbocycles. The lowest BCUT2D eigenvalue weighted by molar-refractivity contribution is -0.112. The summed E-state index contributed by atoms with van der Waals surface area (Å²) in [5.41, 5.74) is 3.61. The van der Waals surface area contributed by atoms with E-state index in [1.807, 2.05) is 6.08 Å². The number of rotatable bonds is 3. The van der Waals surface area contributed by atoms with Gasteiger partial charge in [0.25, 0.3) is 0 Å². The van der Waals surface area contributed by atoms with Gasteiger partial charge in [0.1, 0.15) is 0 Å². The van der Waals surface area contributed by atoms with Crippen LogP contribution in [-0.2, 0) is 11.3 Å². The van der Waals surface area contributed by atoms with Crippen molar-refractivity contribution < 1.29 is 4.79 Å². The van der Waals surface area contributed by atoms with Gasteiger partial charge in [-0.2, -0.15) is 0 Å². The summed E-state index contributed by atoms with van der Waals surface area (Å²) in [6, 6.07) is 2.11. The van der Waals surface area contributed by atoms with E-state index in [1.54, 1.807) is 13.0 Å². The lowest BCUT2D eigenvalue weighted by Gasteiger charge is -2.04. The Labute approximate surface area is 85.2 Å². The number of allylic oxidation sites excluding steroid dienone is 1. The van der Waals surface area contributed by atoms with Crippen molar-refractivity contribution >= 4 is 11.9 Å². The van der Waals surface area contributed by atoms with E-state index in [4.69, 9.17) is 0 Å². The van der Waals surface area contributed by atoms with Gasteiger partial charge in [0.2, 0.25) is 0 Å². The van der Waals surface area contributed by atoms with Crippen LogP contribution >= 0.6 is 0 Å². The van der Waals surface area contributed by atoms with Gasteiger partial charge in [0.05, 0.1) is 0 Å². The van der Waals surface area contributed by atoms with Crippen molar-refractivity contribution in [2.45, 2.75) is 34.2 Å². The van der Waals surface area contributed by atoms with Crippen LogP contribution in [0.1, 0.15) is 30.8 Å². The summed E-state index contributed by atoms with van der Waals surface area (Å²) in [6.45, 7) is 8.83. The molecule has 0 aliphatic rings. The third-order valence-corrected chi connectivity index (χ3v) is 2.43. The molecule has 2 heteroatoms. The third kappa shape index (κ3) is 2.13. The van der Waals surface area contributed by atoms with E-state index in [9.17, 15) is 4.79 Å². The van der Waals surface area contributed by atoms with E-state index in [0.29, 0.717) is 0 Å². The number of aryl methyl sites for hydroxylation is 1. The maximum absolute atomic E-state index is 10.8. The molecule has 0 unspecified atom stereocenters. The van der Waals surface area contributed by atoms with Crippen molar-refractivity contribution in [1.29, 1.82) is 0 Å². The van der Waals surface area contributed by atoms with Gasteiger partial charge in [-0.25, -0.2) is 0 Å². The second-order valence-corrected chi connectivity index (χ2v) is 3.51. The normalized spacial score (nSPS) is 11.1. The first-order valence-electron chi connectivity index (χ1n) is 4.91. The van der Waals surface area contributed by atoms with E-state index in [2.05, 4.69) is 31.4 Å². The van der Waals surface area contributed by atoms with Gasteiger partial charge >= 0.3 is 0 Å². The van der Waals surface area contributed by atoms with Crippen LogP contribution < -0.4 is 0 Å². The Morgan fingerprint density at radius 2 is 2.14 bits per heavy atom. The van der Waals surface area contributed by atoms with E-state index >= 15 is 0 Å². The molecule has 0 saturated heterocycles. The molecule has 1 heterocycles. The van der Waals surface area contributed by atoms with Crippen molar-refractivity contribution in [3.63, 3.8) is 0 Å². The molecule has 14 heavy (non-hydrogen) atoms. The minimum atomic E-state index is 0.0892. The molecule has 0 bridgehead atoms. The Bertz CT molecular complexity index is 372. The van der Waals surface area contributed by atoms with Crippen molar-refractivity contribution in [3.05, 3.63) is 29.1 Å². The summed E-state index contributed by atoms with van der Waals surface area (Å²) in [5.74, 6) is 0.0892.